The van der Waals surface area contributed by atoms with Crippen molar-refractivity contribution in [2.24, 2.45) is 0 Å². The van der Waals surface area contributed by atoms with Crippen molar-refractivity contribution in [1.29, 1.82) is 0 Å². The number of nitrogen functional groups attached to an aromatic ring is 2. The number of benzene rings is 2. The summed E-state index contributed by atoms with van der Waals surface area (Å²) in [6.07, 6.45) is 8.51. The monoisotopic (exact) mass is 476 g/mol. The van der Waals surface area contributed by atoms with Gasteiger partial charge in [0, 0.05) is 0 Å². The van der Waals surface area contributed by atoms with E-state index in [4.69, 9.17) is 44.1 Å². The van der Waals surface area contributed by atoms with Gasteiger partial charge in [0.05, 0.1) is 21.4 Å². The first kappa shape index (κ1) is 23.1. The zero-order chi connectivity index (χ0) is 22.7. The molecule has 0 aliphatic heterocycles. The maximum Gasteiger partial charge on any atom is 0.508 e. The van der Waals surface area contributed by atoms with E-state index in [-0.39, 0.29) is 13.2 Å². The largest absolute Gasteiger partial charge is 0.508 e. The molecule has 0 amide bonds. The maximum atomic E-state index is 12.4. The lowest BCUT2D eigenvalue weighted by atomic mass is 9.92. The van der Waals surface area contributed by atoms with Gasteiger partial charge in [0.2, 0.25) is 0 Å². The van der Waals surface area contributed by atoms with Crippen LogP contribution < -0.4 is 11.5 Å². The Kier molecular flexibility index (Phi) is 7.37. The van der Waals surface area contributed by atoms with Crippen LogP contribution in [0.2, 0.25) is 10.0 Å². The molecule has 32 heavy (non-hydrogen) atoms. The summed E-state index contributed by atoms with van der Waals surface area (Å²) in [6.45, 7) is 0.203. The Bertz CT molecular complexity index is 906. The van der Waals surface area contributed by atoms with Gasteiger partial charge < -0.3 is 20.9 Å². The zero-order valence-electron chi connectivity index (χ0n) is 18.2. The van der Waals surface area contributed by atoms with Crippen molar-refractivity contribution in [2.45, 2.75) is 76.4 Å². The van der Waals surface area contributed by atoms with Gasteiger partial charge in [0.25, 0.3) is 0 Å². The highest BCUT2D eigenvalue weighted by Gasteiger charge is 2.23. The number of carbonyl (C=O) groups excluding carboxylic acids is 1. The minimum absolute atomic E-state index is 0.101. The Morgan fingerprint density at radius 2 is 1.12 bits per heavy atom. The molecule has 2 aliphatic rings. The van der Waals surface area contributed by atoms with Crippen molar-refractivity contribution in [1.82, 2.24) is 0 Å². The van der Waals surface area contributed by atoms with Gasteiger partial charge in [0.1, 0.15) is 13.2 Å². The Balaban J connectivity index is 1.41. The third kappa shape index (κ3) is 5.26. The molecule has 2 fully saturated rings. The molecule has 4 N–H and O–H groups in total. The third-order valence-corrected chi connectivity index (χ3v) is 7.45. The highest BCUT2D eigenvalue weighted by Crippen LogP contribution is 2.40. The van der Waals surface area contributed by atoms with Crippen molar-refractivity contribution in [3.63, 3.8) is 0 Å². The average molecular weight is 477 g/mol. The Morgan fingerprint density at radius 3 is 1.50 bits per heavy atom. The Morgan fingerprint density at radius 1 is 0.750 bits per heavy atom. The molecule has 0 spiro atoms. The normalized spacial score (nSPS) is 17.1. The molecular formula is C25H30Cl2N2O3. The minimum atomic E-state index is -0.721. The molecule has 5 nitrogen and oxygen atoms in total. The second-order valence-electron chi connectivity index (χ2n) is 8.94. The summed E-state index contributed by atoms with van der Waals surface area (Å²) in [5, 5.41) is 1.08. The van der Waals surface area contributed by atoms with Crippen LogP contribution in [0.25, 0.3) is 0 Å². The molecule has 7 heteroatoms. The van der Waals surface area contributed by atoms with Crippen molar-refractivity contribution in [3.8, 4) is 0 Å². The second kappa shape index (κ2) is 10.2. The topological polar surface area (TPSA) is 87.6 Å². The molecule has 0 heterocycles. The highest BCUT2D eigenvalue weighted by atomic mass is 35.5. The predicted octanol–water partition coefficient (Wildman–Crippen LogP) is 7.33. The molecule has 2 aromatic carbocycles. The van der Waals surface area contributed by atoms with Gasteiger partial charge in [-0.3, -0.25) is 0 Å². The SMILES string of the molecule is Nc1cc(COC(=O)OCc2cc(N)c(Cl)cc2C2CCCC2)c(C2CCCC2)cc1Cl. The van der Waals surface area contributed by atoms with Crippen molar-refractivity contribution in [2.75, 3.05) is 11.5 Å². The van der Waals surface area contributed by atoms with Crippen LogP contribution in [0, 0.1) is 0 Å². The summed E-state index contributed by atoms with van der Waals surface area (Å²) >= 11 is 12.5. The zero-order valence-corrected chi connectivity index (χ0v) is 19.7. The van der Waals surface area contributed by atoms with E-state index in [1.807, 2.05) is 12.1 Å². The number of carbonyl (C=O) groups is 1. The molecule has 2 aliphatic carbocycles. The van der Waals surface area contributed by atoms with Gasteiger partial charge in [-0.25, -0.2) is 4.79 Å². The first-order valence-electron chi connectivity index (χ1n) is 11.4. The molecule has 0 saturated heterocycles. The average Bonchev–Trinajstić information content (AvgIpc) is 3.49. The molecule has 172 valence electrons. The number of rotatable bonds is 6. The van der Waals surface area contributed by atoms with Gasteiger partial charge in [0.15, 0.2) is 0 Å². The molecule has 0 atom stereocenters. The summed E-state index contributed by atoms with van der Waals surface area (Å²) in [4.78, 5) is 12.4. The fourth-order valence-electron chi connectivity index (χ4n) is 5.10. The van der Waals surface area contributed by atoms with E-state index in [1.54, 1.807) is 12.1 Å². The lowest BCUT2D eigenvalue weighted by Crippen LogP contribution is -2.11. The van der Waals surface area contributed by atoms with E-state index < -0.39 is 6.16 Å². The van der Waals surface area contributed by atoms with Gasteiger partial charge in [-0.15, -0.1) is 0 Å². The van der Waals surface area contributed by atoms with E-state index in [1.165, 1.54) is 25.7 Å². The number of halogens is 2. The summed E-state index contributed by atoms with van der Waals surface area (Å²) in [6, 6.07) is 7.45. The van der Waals surface area contributed by atoms with E-state index in [9.17, 15) is 4.79 Å². The van der Waals surface area contributed by atoms with Crippen LogP contribution in [0.1, 0.15) is 85.5 Å². The number of ether oxygens (including phenoxy) is 2. The van der Waals surface area contributed by atoms with Gasteiger partial charge in [-0.05, 0) is 84.0 Å². The molecule has 0 bridgehead atoms. The molecule has 0 aromatic heterocycles. The molecule has 2 aromatic rings. The molecule has 2 saturated carbocycles. The number of hydrogen-bond donors (Lipinski definition) is 2. The standard InChI is InChI=1S/C25H30Cl2N2O3/c26-21-11-19(15-5-1-2-6-15)17(9-23(21)28)13-31-25(30)32-14-18-10-24(29)22(27)12-20(18)16-7-3-4-8-16/h9-12,15-16H,1-8,13-14,28-29H2. The Labute approximate surface area is 199 Å². The van der Waals surface area contributed by atoms with Crippen LogP contribution in [-0.4, -0.2) is 6.16 Å². The van der Waals surface area contributed by atoms with Crippen molar-refractivity contribution < 1.29 is 14.3 Å². The minimum Gasteiger partial charge on any atom is -0.429 e. The summed E-state index contributed by atoms with van der Waals surface area (Å²) < 4.78 is 10.9. The van der Waals surface area contributed by atoms with Gasteiger partial charge in [-0.2, -0.15) is 0 Å². The van der Waals surface area contributed by atoms with Crippen molar-refractivity contribution >= 4 is 40.7 Å². The van der Waals surface area contributed by atoms with Crippen LogP contribution in [0.3, 0.4) is 0 Å². The third-order valence-electron chi connectivity index (χ3n) is 6.80. The first-order valence-corrected chi connectivity index (χ1v) is 12.1. The fraction of sp³-hybridized carbons (Fsp3) is 0.480. The van der Waals surface area contributed by atoms with Crippen LogP contribution in [-0.2, 0) is 22.7 Å². The predicted molar refractivity (Wildman–Crippen MR) is 129 cm³/mol. The van der Waals surface area contributed by atoms with Crippen LogP contribution >= 0.6 is 23.2 Å². The van der Waals surface area contributed by atoms with E-state index in [0.717, 1.165) is 47.9 Å². The number of anilines is 2. The smallest absolute Gasteiger partial charge is 0.429 e. The quantitative estimate of drug-likeness (QED) is 0.336. The van der Waals surface area contributed by atoms with E-state index in [0.29, 0.717) is 33.3 Å². The number of hydrogen-bond acceptors (Lipinski definition) is 5. The van der Waals surface area contributed by atoms with Crippen LogP contribution in [0.4, 0.5) is 16.2 Å². The first-order chi connectivity index (χ1) is 15.4. The fourth-order valence-corrected chi connectivity index (χ4v) is 5.45. The van der Waals surface area contributed by atoms with Crippen LogP contribution in [0.5, 0.6) is 0 Å². The molecule has 0 unspecified atom stereocenters. The molecular weight excluding hydrogens is 447 g/mol. The molecule has 4 rings (SSSR count). The van der Waals surface area contributed by atoms with Crippen molar-refractivity contribution in [3.05, 3.63) is 56.6 Å². The van der Waals surface area contributed by atoms with Crippen LogP contribution in [0.15, 0.2) is 24.3 Å². The maximum absolute atomic E-state index is 12.4. The Hall–Kier alpha value is -2.11. The second-order valence-corrected chi connectivity index (χ2v) is 9.75. The molecule has 0 radical (unpaired) electrons. The van der Waals surface area contributed by atoms with Gasteiger partial charge >= 0.3 is 6.16 Å². The van der Waals surface area contributed by atoms with Gasteiger partial charge in [-0.1, -0.05) is 48.9 Å². The lowest BCUT2D eigenvalue weighted by molar-refractivity contribution is 0.0442. The van der Waals surface area contributed by atoms with E-state index in [2.05, 4.69) is 0 Å². The highest BCUT2D eigenvalue weighted by molar-refractivity contribution is 6.33. The number of nitrogens with two attached hydrogens (primary N) is 2. The van der Waals surface area contributed by atoms with E-state index >= 15 is 0 Å². The summed E-state index contributed by atoms with van der Waals surface area (Å²) in [5.41, 5.74) is 17.0. The summed E-state index contributed by atoms with van der Waals surface area (Å²) in [5.74, 6) is 0.850. The summed E-state index contributed by atoms with van der Waals surface area (Å²) in [7, 11) is 0. The lowest BCUT2D eigenvalue weighted by Gasteiger charge is -2.18.